The Morgan fingerprint density at radius 3 is 2.80 bits per heavy atom. The lowest BCUT2D eigenvalue weighted by molar-refractivity contribution is -0.141. The highest BCUT2D eigenvalue weighted by Crippen LogP contribution is 2.20. The van der Waals surface area contributed by atoms with Crippen LogP contribution in [0.25, 0.3) is 0 Å². The predicted octanol–water partition coefficient (Wildman–Crippen LogP) is 1.93. The number of nitrogens with zero attached hydrogens (tertiary/aromatic N) is 2. The topological polar surface area (TPSA) is 60.9 Å². The second-order valence-corrected chi connectivity index (χ2v) is 4.92. The van der Waals surface area contributed by atoms with Gasteiger partial charge < -0.3 is 14.9 Å². The number of rotatable bonds is 3. The number of carbonyl (C=O) groups excluding carboxylic acids is 1. The molecule has 0 aliphatic carbocycles. The van der Waals surface area contributed by atoms with Crippen LogP contribution in [-0.4, -0.2) is 46.5 Å². The molecule has 0 radical (unpaired) electrons. The van der Waals surface area contributed by atoms with Crippen LogP contribution in [0.1, 0.15) is 18.4 Å². The van der Waals surface area contributed by atoms with Crippen molar-refractivity contribution in [3.63, 3.8) is 0 Å². The molecule has 0 spiro atoms. The molecule has 2 rings (SSSR count). The summed E-state index contributed by atoms with van der Waals surface area (Å²) in [5.41, 5.74) is 0.412. The standard InChI is InChI=1S/C14H17FN2O3/c1-16(9-10-5-2-3-6-11(10)15)14(20)17-8-4-7-12(17)13(18)19/h2-3,5-6,12H,4,7-9H2,1H3,(H,18,19). The van der Waals surface area contributed by atoms with Crippen molar-refractivity contribution >= 4 is 12.0 Å². The van der Waals surface area contributed by atoms with E-state index >= 15 is 0 Å². The summed E-state index contributed by atoms with van der Waals surface area (Å²) in [5, 5.41) is 9.08. The van der Waals surface area contributed by atoms with Crippen molar-refractivity contribution in [2.45, 2.75) is 25.4 Å². The first-order chi connectivity index (χ1) is 9.50. The Kier molecular flexibility index (Phi) is 4.22. The summed E-state index contributed by atoms with van der Waals surface area (Å²) < 4.78 is 13.5. The number of benzene rings is 1. The molecule has 2 amide bonds. The van der Waals surface area contributed by atoms with Gasteiger partial charge in [0.1, 0.15) is 11.9 Å². The molecule has 0 saturated carbocycles. The van der Waals surface area contributed by atoms with E-state index in [4.69, 9.17) is 5.11 Å². The maximum Gasteiger partial charge on any atom is 0.326 e. The quantitative estimate of drug-likeness (QED) is 0.920. The van der Waals surface area contributed by atoms with Crippen LogP contribution in [0, 0.1) is 5.82 Å². The van der Waals surface area contributed by atoms with Crippen molar-refractivity contribution in [1.82, 2.24) is 9.80 Å². The minimum Gasteiger partial charge on any atom is -0.480 e. The van der Waals surface area contributed by atoms with Gasteiger partial charge in [0.25, 0.3) is 0 Å². The summed E-state index contributed by atoms with van der Waals surface area (Å²) in [7, 11) is 1.55. The summed E-state index contributed by atoms with van der Waals surface area (Å²) in [5.74, 6) is -1.36. The molecule has 1 saturated heterocycles. The summed E-state index contributed by atoms with van der Waals surface area (Å²) >= 11 is 0. The number of carboxylic acids is 1. The van der Waals surface area contributed by atoms with Gasteiger partial charge in [0.15, 0.2) is 0 Å². The molecule has 1 aliphatic rings. The van der Waals surface area contributed by atoms with E-state index in [1.54, 1.807) is 25.2 Å². The second-order valence-electron chi connectivity index (χ2n) is 4.92. The van der Waals surface area contributed by atoms with Gasteiger partial charge in [-0.25, -0.2) is 14.0 Å². The fourth-order valence-electron chi connectivity index (χ4n) is 2.42. The van der Waals surface area contributed by atoms with Gasteiger partial charge in [0.05, 0.1) is 0 Å². The third-order valence-electron chi connectivity index (χ3n) is 3.48. The number of hydrogen-bond acceptors (Lipinski definition) is 2. The van der Waals surface area contributed by atoms with Gasteiger partial charge in [-0.3, -0.25) is 0 Å². The highest BCUT2D eigenvalue weighted by atomic mass is 19.1. The molecule has 0 aromatic heterocycles. The van der Waals surface area contributed by atoms with E-state index in [9.17, 15) is 14.0 Å². The zero-order valence-electron chi connectivity index (χ0n) is 11.3. The molecule has 1 N–H and O–H groups in total. The van der Waals surface area contributed by atoms with Crippen molar-refractivity contribution in [3.8, 4) is 0 Å². The van der Waals surface area contributed by atoms with E-state index in [0.29, 0.717) is 24.9 Å². The number of carbonyl (C=O) groups is 2. The minimum atomic E-state index is -0.991. The maximum absolute atomic E-state index is 13.5. The van der Waals surface area contributed by atoms with Crippen LogP contribution in [0.4, 0.5) is 9.18 Å². The SMILES string of the molecule is CN(Cc1ccccc1F)C(=O)N1CCCC1C(=O)O. The zero-order valence-corrected chi connectivity index (χ0v) is 11.3. The first-order valence-corrected chi connectivity index (χ1v) is 6.48. The van der Waals surface area contributed by atoms with Crippen molar-refractivity contribution in [2.24, 2.45) is 0 Å². The number of amides is 2. The smallest absolute Gasteiger partial charge is 0.326 e. The van der Waals surface area contributed by atoms with Crippen molar-refractivity contribution in [3.05, 3.63) is 35.6 Å². The predicted molar refractivity (Wildman–Crippen MR) is 70.6 cm³/mol. The Bertz CT molecular complexity index is 521. The van der Waals surface area contributed by atoms with E-state index in [0.717, 1.165) is 0 Å². The monoisotopic (exact) mass is 280 g/mol. The molecule has 1 aromatic carbocycles. The number of urea groups is 1. The van der Waals surface area contributed by atoms with Gasteiger partial charge in [-0.05, 0) is 18.9 Å². The normalized spacial score (nSPS) is 18.1. The average molecular weight is 280 g/mol. The van der Waals surface area contributed by atoms with Gasteiger partial charge >= 0.3 is 12.0 Å². The van der Waals surface area contributed by atoms with E-state index in [2.05, 4.69) is 0 Å². The van der Waals surface area contributed by atoms with E-state index in [-0.39, 0.29) is 18.4 Å². The average Bonchev–Trinajstić information content (AvgIpc) is 2.89. The third kappa shape index (κ3) is 2.89. The van der Waals surface area contributed by atoms with Crippen molar-refractivity contribution < 1.29 is 19.1 Å². The lowest BCUT2D eigenvalue weighted by atomic mass is 10.2. The summed E-state index contributed by atoms with van der Waals surface area (Å²) in [6, 6.07) is 5.08. The highest BCUT2D eigenvalue weighted by Gasteiger charge is 2.35. The van der Waals surface area contributed by atoms with Gasteiger partial charge in [0, 0.05) is 25.7 Å². The van der Waals surface area contributed by atoms with Crippen LogP contribution in [0.3, 0.4) is 0 Å². The third-order valence-corrected chi connectivity index (χ3v) is 3.48. The Hall–Kier alpha value is -2.11. The number of carboxylic acid groups (broad SMARTS) is 1. The largest absolute Gasteiger partial charge is 0.480 e. The molecule has 1 atom stereocenters. The van der Waals surface area contributed by atoms with E-state index in [1.165, 1.54) is 15.9 Å². The first kappa shape index (κ1) is 14.3. The molecule has 5 nitrogen and oxygen atoms in total. The van der Waals surface area contributed by atoms with E-state index in [1.807, 2.05) is 0 Å². The van der Waals surface area contributed by atoms with Crippen LogP contribution in [0.15, 0.2) is 24.3 Å². The van der Waals surface area contributed by atoms with Crippen LogP contribution in [0.5, 0.6) is 0 Å². The van der Waals surface area contributed by atoms with Crippen LogP contribution in [-0.2, 0) is 11.3 Å². The molecule has 1 unspecified atom stereocenters. The fraction of sp³-hybridized carbons (Fsp3) is 0.429. The van der Waals surface area contributed by atoms with Gasteiger partial charge in [-0.15, -0.1) is 0 Å². The Morgan fingerprint density at radius 2 is 2.15 bits per heavy atom. The van der Waals surface area contributed by atoms with Crippen LogP contribution in [0.2, 0.25) is 0 Å². The Balaban J connectivity index is 2.05. The maximum atomic E-state index is 13.5. The molecule has 6 heteroatoms. The molecular weight excluding hydrogens is 263 g/mol. The molecule has 1 heterocycles. The molecule has 1 aliphatic heterocycles. The van der Waals surface area contributed by atoms with Gasteiger partial charge in [-0.2, -0.15) is 0 Å². The number of aliphatic carboxylic acids is 1. The minimum absolute atomic E-state index is 0.119. The lowest BCUT2D eigenvalue weighted by Gasteiger charge is -2.27. The first-order valence-electron chi connectivity index (χ1n) is 6.48. The van der Waals surface area contributed by atoms with Gasteiger partial charge in [-0.1, -0.05) is 18.2 Å². The van der Waals surface area contributed by atoms with Gasteiger partial charge in [0.2, 0.25) is 0 Å². The number of halogens is 1. The summed E-state index contributed by atoms with van der Waals surface area (Å²) in [6.45, 7) is 0.547. The highest BCUT2D eigenvalue weighted by molar-refractivity contribution is 5.83. The van der Waals surface area contributed by atoms with Crippen molar-refractivity contribution in [2.75, 3.05) is 13.6 Å². The Morgan fingerprint density at radius 1 is 1.45 bits per heavy atom. The van der Waals surface area contributed by atoms with Crippen LogP contribution >= 0.6 is 0 Å². The van der Waals surface area contributed by atoms with E-state index < -0.39 is 12.0 Å². The Labute approximate surface area is 116 Å². The molecule has 0 bridgehead atoms. The second kappa shape index (κ2) is 5.90. The molecule has 1 fully saturated rings. The fourth-order valence-corrected chi connectivity index (χ4v) is 2.42. The lowest BCUT2D eigenvalue weighted by Crippen LogP contribution is -2.46. The zero-order chi connectivity index (χ0) is 14.7. The number of hydrogen-bond donors (Lipinski definition) is 1. The van der Waals surface area contributed by atoms with Crippen LogP contribution < -0.4 is 0 Å². The molecule has 1 aromatic rings. The summed E-state index contributed by atoms with van der Waals surface area (Å²) in [4.78, 5) is 26.0. The molecule has 108 valence electrons. The van der Waals surface area contributed by atoms with Crippen molar-refractivity contribution in [1.29, 1.82) is 0 Å². The molecular formula is C14H17FN2O3. The number of likely N-dealkylation sites (tertiary alicyclic amines) is 1. The molecule has 20 heavy (non-hydrogen) atoms. The summed E-state index contributed by atoms with van der Waals surface area (Å²) in [6.07, 6.45) is 1.14.